The van der Waals surface area contributed by atoms with E-state index in [1.54, 1.807) is 19.2 Å². The molecule has 1 N–H and O–H groups in total. The molecular formula is C25H22BrClN2O3S. The minimum Gasteiger partial charge on any atom is -0.495 e. The first-order valence-electron chi connectivity index (χ1n) is 10.7. The van der Waals surface area contributed by atoms with Crippen molar-refractivity contribution in [1.29, 1.82) is 0 Å². The smallest absolute Gasteiger partial charge is 0.282 e. The van der Waals surface area contributed by atoms with Crippen LogP contribution in [-0.4, -0.2) is 22.7 Å². The van der Waals surface area contributed by atoms with E-state index in [1.807, 2.05) is 36.4 Å². The molecule has 1 heterocycles. The molecule has 0 spiro atoms. The molecule has 2 aliphatic rings. The third-order valence-electron chi connectivity index (χ3n) is 6.61. The van der Waals surface area contributed by atoms with Crippen LogP contribution in [0.25, 0.3) is 0 Å². The zero-order chi connectivity index (χ0) is 23.1. The van der Waals surface area contributed by atoms with Gasteiger partial charge in [-0.3, -0.25) is 10.1 Å². The predicted molar refractivity (Wildman–Crippen MR) is 137 cm³/mol. The molecule has 3 aromatic rings. The lowest BCUT2D eigenvalue weighted by molar-refractivity contribution is -0.387. The van der Waals surface area contributed by atoms with Gasteiger partial charge in [-0.1, -0.05) is 58.4 Å². The number of para-hydroxylation sites is 2. The van der Waals surface area contributed by atoms with E-state index in [9.17, 15) is 10.1 Å². The third kappa shape index (κ3) is 4.00. The first kappa shape index (κ1) is 22.6. The Labute approximate surface area is 210 Å². The second-order valence-corrected chi connectivity index (χ2v) is 11.0. The van der Waals surface area contributed by atoms with Gasteiger partial charge in [0, 0.05) is 21.7 Å². The van der Waals surface area contributed by atoms with Gasteiger partial charge >= 0.3 is 0 Å². The molecule has 1 aliphatic carbocycles. The summed E-state index contributed by atoms with van der Waals surface area (Å²) in [4.78, 5) is 11.9. The molecule has 0 saturated heterocycles. The van der Waals surface area contributed by atoms with Gasteiger partial charge in [-0.2, -0.15) is 0 Å². The molecule has 0 aromatic heterocycles. The number of methoxy groups -OCH3 is 1. The van der Waals surface area contributed by atoms with E-state index in [1.165, 1.54) is 17.3 Å². The monoisotopic (exact) mass is 544 g/mol. The van der Waals surface area contributed by atoms with Gasteiger partial charge in [0.15, 0.2) is 0 Å². The van der Waals surface area contributed by atoms with E-state index < -0.39 is 0 Å². The highest BCUT2D eigenvalue weighted by Gasteiger charge is 2.51. The Hall–Kier alpha value is -2.22. The number of thioether (sulfide) groups is 1. The minimum atomic E-state index is -0.320. The van der Waals surface area contributed by atoms with Gasteiger partial charge in [-0.15, -0.1) is 23.4 Å². The third-order valence-corrected chi connectivity index (χ3v) is 9.44. The van der Waals surface area contributed by atoms with E-state index in [0.29, 0.717) is 4.90 Å². The fraction of sp³-hybridized carbons (Fsp3) is 0.280. The number of anilines is 1. The number of hydrogen-bond donors (Lipinski definition) is 1. The van der Waals surface area contributed by atoms with Crippen LogP contribution >= 0.6 is 39.3 Å². The number of halogens is 2. The number of nitro benzene ring substituents is 1. The Bertz CT molecular complexity index is 1210. The van der Waals surface area contributed by atoms with E-state index in [2.05, 4.69) is 39.4 Å². The second-order valence-electron chi connectivity index (χ2n) is 8.32. The molecule has 0 amide bonds. The van der Waals surface area contributed by atoms with Gasteiger partial charge in [-0.25, -0.2) is 0 Å². The summed E-state index contributed by atoms with van der Waals surface area (Å²) in [6.07, 6.45) is 0.838. The summed E-state index contributed by atoms with van der Waals surface area (Å²) in [7, 11) is 1.68. The van der Waals surface area contributed by atoms with Crippen LogP contribution in [-0.2, 0) is 0 Å². The predicted octanol–water partition coefficient (Wildman–Crippen LogP) is 7.40. The van der Waals surface area contributed by atoms with Crippen LogP contribution in [0.3, 0.4) is 0 Å². The van der Waals surface area contributed by atoms with Crippen molar-refractivity contribution >= 4 is 50.7 Å². The fourth-order valence-electron chi connectivity index (χ4n) is 5.19. The summed E-state index contributed by atoms with van der Waals surface area (Å²) in [5.41, 5.74) is 3.42. The second kappa shape index (κ2) is 9.20. The van der Waals surface area contributed by atoms with Crippen LogP contribution in [0.2, 0.25) is 0 Å². The molecule has 170 valence electrons. The van der Waals surface area contributed by atoms with Gasteiger partial charge in [0.05, 0.1) is 34.0 Å². The number of nitrogens with one attached hydrogen (secondary N) is 1. The number of benzene rings is 3. The highest BCUT2D eigenvalue weighted by atomic mass is 79.9. The van der Waals surface area contributed by atoms with Gasteiger partial charge in [0.1, 0.15) is 5.75 Å². The Morgan fingerprint density at radius 3 is 2.58 bits per heavy atom. The molecule has 8 heteroatoms. The maximum atomic E-state index is 11.6. The first-order chi connectivity index (χ1) is 16.0. The molecule has 5 rings (SSSR count). The lowest BCUT2D eigenvalue weighted by Crippen LogP contribution is -2.31. The van der Waals surface area contributed by atoms with E-state index in [0.717, 1.165) is 27.9 Å². The van der Waals surface area contributed by atoms with Crippen molar-refractivity contribution < 1.29 is 9.66 Å². The van der Waals surface area contributed by atoms with Crippen molar-refractivity contribution in [3.05, 3.63) is 92.4 Å². The number of alkyl halides is 1. The van der Waals surface area contributed by atoms with Crippen molar-refractivity contribution in [3.8, 4) is 5.75 Å². The summed E-state index contributed by atoms with van der Waals surface area (Å²) in [5.74, 6) is 1.11. The van der Waals surface area contributed by atoms with Crippen molar-refractivity contribution in [1.82, 2.24) is 0 Å². The Morgan fingerprint density at radius 1 is 1.09 bits per heavy atom. The van der Waals surface area contributed by atoms with Crippen LogP contribution in [0, 0.1) is 16.0 Å². The highest BCUT2D eigenvalue weighted by Crippen LogP contribution is 2.59. The SMILES string of the molecule is COc1cccc2c1NC(c1ccccc1Br)C1CC(Sc3ccccc3[N+](=O)[O-])C(Cl)C21. The zero-order valence-corrected chi connectivity index (χ0v) is 20.9. The van der Waals surface area contributed by atoms with Gasteiger partial charge in [0.25, 0.3) is 5.69 Å². The van der Waals surface area contributed by atoms with Crippen LogP contribution in [0.5, 0.6) is 5.75 Å². The van der Waals surface area contributed by atoms with E-state index in [-0.39, 0.29) is 39.1 Å². The molecule has 3 aromatic carbocycles. The van der Waals surface area contributed by atoms with Gasteiger partial charge in [0.2, 0.25) is 0 Å². The molecule has 33 heavy (non-hydrogen) atoms. The number of rotatable bonds is 5. The largest absolute Gasteiger partial charge is 0.495 e. The number of fused-ring (bicyclic) bond motifs is 3. The normalized spacial score (nSPS) is 25.6. The van der Waals surface area contributed by atoms with Crippen LogP contribution in [0.1, 0.15) is 29.5 Å². The fourth-order valence-corrected chi connectivity index (χ4v) is 7.67. The number of nitrogens with zero attached hydrogens (tertiary/aromatic N) is 1. The minimum absolute atomic E-state index is 0.0340. The van der Waals surface area contributed by atoms with Gasteiger partial charge in [-0.05, 0) is 41.7 Å². The van der Waals surface area contributed by atoms with Crippen LogP contribution < -0.4 is 10.1 Å². The van der Waals surface area contributed by atoms with Crippen molar-refractivity contribution in [2.24, 2.45) is 5.92 Å². The standard InChI is InChI=1S/C25H22BrClN2O3S/c1-32-19-11-6-8-15-22-16(24(28-25(15)19)14-7-2-3-9-17(14)26)13-21(23(22)27)33-20-12-5-4-10-18(20)29(30)31/h2-12,16,21-24,28H,13H2,1H3. The van der Waals surface area contributed by atoms with E-state index >= 15 is 0 Å². The summed E-state index contributed by atoms with van der Waals surface area (Å²) in [6.45, 7) is 0. The molecule has 1 fully saturated rings. The number of hydrogen-bond acceptors (Lipinski definition) is 5. The lowest BCUT2D eigenvalue weighted by Gasteiger charge is -2.39. The van der Waals surface area contributed by atoms with Crippen LogP contribution in [0.15, 0.2) is 76.1 Å². The van der Waals surface area contributed by atoms with Crippen molar-refractivity contribution in [2.45, 2.75) is 33.9 Å². The van der Waals surface area contributed by atoms with Gasteiger partial charge < -0.3 is 10.1 Å². The summed E-state index contributed by atoms with van der Waals surface area (Å²) in [6, 6.07) is 21.3. The number of nitro groups is 1. The Balaban J connectivity index is 1.57. The van der Waals surface area contributed by atoms with Crippen molar-refractivity contribution in [3.63, 3.8) is 0 Å². The lowest BCUT2D eigenvalue weighted by atomic mass is 9.77. The quantitative estimate of drug-likeness (QED) is 0.205. The van der Waals surface area contributed by atoms with Crippen molar-refractivity contribution in [2.75, 3.05) is 12.4 Å². The molecule has 0 radical (unpaired) electrons. The molecule has 5 unspecified atom stereocenters. The summed E-state index contributed by atoms with van der Waals surface area (Å²) in [5, 5.41) is 15.2. The molecular weight excluding hydrogens is 524 g/mol. The molecule has 1 aliphatic heterocycles. The zero-order valence-electron chi connectivity index (χ0n) is 17.8. The maximum Gasteiger partial charge on any atom is 0.282 e. The maximum absolute atomic E-state index is 11.6. The first-order valence-corrected chi connectivity index (χ1v) is 12.8. The summed E-state index contributed by atoms with van der Waals surface area (Å²) >= 11 is 12.4. The number of ether oxygens (including phenoxy) is 1. The van der Waals surface area contributed by atoms with Crippen LogP contribution in [0.4, 0.5) is 11.4 Å². The average Bonchev–Trinajstić information content (AvgIpc) is 3.15. The Morgan fingerprint density at radius 2 is 1.82 bits per heavy atom. The molecule has 1 saturated carbocycles. The topological polar surface area (TPSA) is 64.4 Å². The molecule has 0 bridgehead atoms. The molecule has 5 nitrogen and oxygen atoms in total. The average molecular weight is 546 g/mol. The Kier molecular flexibility index (Phi) is 6.29. The molecule has 5 atom stereocenters. The summed E-state index contributed by atoms with van der Waals surface area (Å²) < 4.78 is 6.72. The van der Waals surface area contributed by atoms with E-state index in [4.69, 9.17) is 16.3 Å². The highest BCUT2D eigenvalue weighted by molar-refractivity contribution is 9.10.